The van der Waals surface area contributed by atoms with Crippen molar-refractivity contribution in [3.8, 4) is 27.9 Å². The summed E-state index contributed by atoms with van der Waals surface area (Å²) in [6.45, 7) is 0. The van der Waals surface area contributed by atoms with E-state index in [9.17, 15) is 13.2 Å². The number of hydrogen-bond donors (Lipinski definition) is 0. The molecule has 5 heterocycles. The van der Waals surface area contributed by atoms with Crippen LogP contribution in [0, 0.1) is 5.82 Å². The van der Waals surface area contributed by atoms with Crippen LogP contribution >= 0.6 is 23.2 Å². The average molecular weight is 629 g/mol. The third-order valence-corrected chi connectivity index (χ3v) is 7.02. The Hall–Kier alpha value is -4.69. The second-order valence-corrected chi connectivity index (χ2v) is 10.2. The SMILES string of the molecule is Cn1cc(C[C@H](c2ccc(-c3c(-n4cc(Cl)nn4)ccc(Cl)c3F)cn2)n2cc(-c3ccnc(C(F)(F)F)c3)cn2)nn1. The molecule has 0 radical (unpaired) electrons. The maximum atomic E-state index is 15.4. The Labute approximate surface area is 250 Å². The van der Waals surface area contributed by atoms with Crippen LogP contribution in [0.4, 0.5) is 17.6 Å². The van der Waals surface area contributed by atoms with Crippen molar-refractivity contribution in [1.82, 2.24) is 49.7 Å². The van der Waals surface area contributed by atoms with Gasteiger partial charge in [0, 0.05) is 54.9 Å². The van der Waals surface area contributed by atoms with Crippen LogP contribution in [0.25, 0.3) is 27.9 Å². The van der Waals surface area contributed by atoms with Crippen molar-refractivity contribution in [2.45, 2.75) is 18.6 Å². The minimum absolute atomic E-state index is 0.0940. The molecule has 0 fully saturated rings. The van der Waals surface area contributed by atoms with Crippen molar-refractivity contribution in [3.05, 3.63) is 107 Å². The number of benzene rings is 1. The predicted molar refractivity (Wildman–Crippen MR) is 148 cm³/mol. The van der Waals surface area contributed by atoms with Gasteiger partial charge in [-0.3, -0.25) is 19.3 Å². The smallest absolute Gasteiger partial charge is 0.263 e. The molecular formula is C27H18Cl2F4N10. The van der Waals surface area contributed by atoms with Gasteiger partial charge in [0.25, 0.3) is 0 Å². The number of alkyl halides is 3. The van der Waals surface area contributed by atoms with E-state index in [1.54, 1.807) is 47.0 Å². The lowest BCUT2D eigenvalue weighted by Crippen LogP contribution is -2.16. The molecule has 10 nitrogen and oxygen atoms in total. The Balaban J connectivity index is 1.39. The Morgan fingerprint density at radius 2 is 1.72 bits per heavy atom. The minimum atomic E-state index is -4.59. The summed E-state index contributed by atoms with van der Waals surface area (Å²) < 4.78 is 59.6. The van der Waals surface area contributed by atoms with Gasteiger partial charge in [-0.1, -0.05) is 39.7 Å². The number of aromatic nitrogens is 10. The largest absolute Gasteiger partial charge is 0.433 e. The highest BCUT2D eigenvalue weighted by atomic mass is 35.5. The van der Waals surface area contributed by atoms with E-state index in [1.807, 2.05) is 0 Å². The molecule has 5 aromatic heterocycles. The van der Waals surface area contributed by atoms with Crippen molar-refractivity contribution in [3.63, 3.8) is 0 Å². The van der Waals surface area contributed by atoms with Gasteiger partial charge in [0.15, 0.2) is 11.0 Å². The van der Waals surface area contributed by atoms with Gasteiger partial charge in [-0.15, -0.1) is 10.2 Å². The topological polar surface area (TPSA) is 105 Å². The maximum absolute atomic E-state index is 15.4. The molecule has 0 saturated carbocycles. The van der Waals surface area contributed by atoms with Gasteiger partial charge in [-0.2, -0.15) is 18.3 Å². The molecule has 0 aliphatic heterocycles. The quantitative estimate of drug-likeness (QED) is 0.199. The zero-order valence-electron chi connectivity index (χ0n) is 22.0. The molecule has 43 heavy (non-hydrogen) atoms. The number of hydrogen-bond acceptors (Lipinski definition) is 7. The molecule has 1 atom stereocenters. The third-order valence-electron chi connectivity index (χ3n) is 6.56. The Bertz CT molecular complexity index is 1910. The van der Waals surface area contributed by atoms with E-state index in [0.717, 1.165) is 12.3 Å². The average Bonchev–Trinajstić information content (AvgIpc) is 3.74. The normalized spacial score (nSPS) is 12.5. The highest BCUT2D eigenvalue weighted by molar-refractivity contribution is 6.31. The first-order chi connectivity index (χ1) is 20.6. The second kappa shape index (κ2) is 11.2. The van der Waals surface area contributed by atoms with Gasteiger partial charge >= 0.3 is 6.18 Å². The fraction of sp³-hybridized carbons (Fsp3) is 0.148. The zero-order chi connectivity index (χ0) is 30.3. The van der Waals surface area contributed by atoms with Crippen LogP contribution in [-0.4, -0.2) is 49.7 Å². The van der Waals surface area contributed by atoms with Crippen LogP contribution in [0.3, 0.4) is 0 Å². The predicted octanol–water partition coefficient (Wildman–Crippen LogP) is 6.01. The van der Waals surface area contributed by atoms with Crippen LogP contribution in [0.2, 0.25) is 10.2 Å². The summed E-state index contributed by atoms with van der Waals surface area (Å²) >= 11 is 12.0. The summed E-state index contributed by atoms with van der Waals surface area (Å²) in [6, 6.07) is 8.26. The summed E-state index contributed by atoms with van der Waals surface area (Å²) in [5.74, 6) is -0.677. The summed E-state index contributed by atoms with van der Waals surface area (Å²) in [5.41, 5.74) is 1.79. The maximum Gasteiger partial charge on any atom is 0.433 e. The summed E-state index contributed by atoms with van der Waals surface area (Å²) in [7, 11) is 1.73. The fourth-order valence-electron chi connectivity index (χ4n) is 4.56. The standard InChI is InChI=1S/C27H18Cl2F4N10/c1-41-13-18(37-39-41)9-22(42-12-17(11-36-42)15-6-7-34-23(8-15)27(31,32)33)20-4-2-16(10-35-20)25-21(5-3-19(28)26(25)30)43-14-24(29)38-40-43/h2-8,10-14,22H,9H2,1H3/t22-/m1/s1. The van der Waals surface area contributed by atoms with Gasteiger partial charge in [0.2, 0.25) is 0 Å². The third kappa shape index (κ3) is 5.83. The molecule has 0 aliphatic carbocycles. The first kappa shape index (κ1) is 28.4. The molecule has 6 rings (SSSR count). The molecule has 0 unspecified atom stereocenters. The summed E-state index contributed by atoms with van der Waals surface area (Å²) in [5, 5.41) is 20.3. The highest BCUT2D eigenvalue weighted by Gasteiger charge is 2.32. The van der Waals surface area contributed by atoms with Crippen molar-refractivity contribution in [2.24, 2.45) is 7.05 Å². The highest BCUT2D eigenvalue weighted by Crippen LogP contribution is 2.35. The molecule has 16 heteroatoms. The molecular weight excluding hydrogens is 611 g/mol. The van der Waals surface area contributed by atoms with Crippen LogP contribution in [0.1, 0.15) is 23.1 Å². The fourth-order valence-corrected chi connectivity index (χ4v) is 4.84. The molecule has 0 saturated heterocycles. The second-order valence-electron chi connectivity index (χ2n) is 9.45. The lowest BCUT2D eigenvalue weighted by atomic mass is 10.0. The first-order valence-electron chi connectivity index (χ1n) is 12.5. The number of nitrogens with zero attached hydrogens (tertiary/aromatic N) is 10. The lowest BCUT2D eigenvalue weighted by molar-refractivity contribution is -0.141. The minimum Gasteiger partial charge on any atom is -0.263 e. The van der Waals surface area contributed by atoms with Crippen LogP contribution in [-0.2, 0) is 19.6 Å². The summed E-state index contributed by atoms with van der Waals surface area (Å²) in [4.78, 5) is 8.04. The Morgan fingerprint density at radius 1 is 0.884 bits per heavy atom. The molecule has 6 aromatic rings. The molecule has 0 spiro atoms. The van der Waals surface area contributed by atoms with Crippen molar-refractivity contribution < 1.29 is 17.6 Å². The van der Waals surface area contributed by atoms with E-state index in [4.69, 9.17) is 23.2 Å². The molecule has 1 aromatic carbocycles. The van der Waals surface area contributed by atoms with Crippen molar-refractivity contribution >= 4 is 23.2 Å². The van der Waals surface area contributed by atoms with Gasteiger partial charge in [0.05, 0.1) is 40.5 Å². The molecule has 218 valence electrons. The molecule has 0 aliphatic rings. The van der Waals surface area contributed by atoms with E-state index >= 15 is 4.39 Å². The molecule has 0 bridgehead atoms. The summed E-state index contributed by atoms with van der Waals surface area (Å²) in [6.07, 6.45) is 4.55. The monoisotopic (exact) mass is 628 g/mol. The Morgan fingerprint density at radius 3 is 2.40 bits per heavy atom. The van der Waals surface area contributed by atoms with Gasteiger partial charge in [-0.05, 0) is 35.9 Å². The van der Waals surface area contributed by atoms with E-state index in [-0.39, 0.29) is 15.7 Å². The van der Waals surface area contributed by atoms with E-state index < -0.39 is 23.7 Å². The van der Waals surface area contributed by atoms with Gasteiger partial charge in [0.1, 0.15) is 5.69 Å². The first-order valence-corrected chi connectivity index (χ1v) is 13.3. The number of pyridine rings is 2. The number of rotatable bonds is 7. The van der Waals surface area contributed by atoms with Crippen LogP contribution in [0.15, 0.2) is 73.6 Å². The van der Waals surface area contributed by atoms with Gasteiger partial charge < -0.3 is 0 Å². The number of halogens is 6. The van der Waals surface area contributed by atoms with E-state index in [1.165, 1.54) is 35.4 Å². The van der Waals surface area contributed by atoms with E-state index in [0.29, 0.717) is 40.2 Å². The van der Waals surface area contributed by atoms with Crippen LogP contribution < -0.4 is 0 Å². The van der Waals surface area contributed by atoms with E-state index in [2.05, 4.69) is 35.7 Å². The van der Waals surface area contributed by atoms with Gasteiger partial charge in [-0.25, -0.2) is 9.07 Å². The van der Waals surface area contributed by atoms with Crippen LogP contribution in [0.5, 0.6) is 0 Å². The Kier molecular flexibility index (Phi) is 7.40. The van der Waals surface area contributed by atoms with Crippen molar-refractivity contribution in [1.29, 1.82) is 0 Å². The van der Waals surface area contributed by atoms with Crippen molar-refractivity contribution in [2.75, 3.05) is 0 Å². The number of aryl methyl sites for hydroxylation is 1. The lowest BCUT2D eigenvalue weighted by Gasteiger charge is -2.17. The molecule has 0 amide bonds. The molecule has 0 N–H and O–H groups in total. The zero-order valence-corrected chi connectivity index (χ0v) is 23.5.